The number of allylic oxidation sites excluding steroid dienone is 2. The fourth-order valence-electron chi connectivity index (χ4n) is 2.15. The Bertz CT molecular complexity index is 379. The molecule has 2 nitrogen and oxygen atoms in total. The van der Waals surface area contributed by atoms with E-state index in [-0.39, 0.29) is 0 Å². The van der Waals surface area contributed by atoms with E-state index in [0.29, 0.717) is 0 Å². The lowest BCUT2D eigenvalue weighted by atomic mass is 9.94. The average molecular weight is 171 g/mol. The van der Waals surface area contributed by atoms with E-state index in [1.807, 2.05) is 12.3 Å². The molecule has 0 saturated heterocycles. The number of hydrogen-bond acceptors (Lipinski definition) is 1. The topological polar surface area (TPSA) is 27.0 Å². The van der Waals surface area contributed by atoms with E-state index in [9.17, 15) is 0 Å². The smallest absolute Gasteiger partial charge is 0.159 e. The van der Waals surface area contributed by atoms with Gasteiger partial charge in [0.05, 0.1) is 0 Å². The highest BCUT2D eigenvalue weighted by molar-refractivity contribution is 5.80. The van der Waals surface area contributed by atoms with Gasteiger partial charge in [-0.05, 0) is 43.4 Å². The van der Waals surface area contributed by atoms with E-state index in [2.05, 4.69) is 16.4 Å². The summed E-state index contributed by atoms with van der Waals surface area (Å²) in [5.41, 5.74) is 4.02. The second kappa shape index (κ2) is 2.59. The van der Waals surface area contributed by atoms with Gasteiger partial charge < -0.3 is 0 Å². The molecule has 65 valence electrons. The molecule has 0 spiro atoms. The average Bonchev–Trinajstić information content (AvgIpc) is 2.56. The van der Waals surface area contributed by atoms with Gasteiger partial charge in [0.25, 0.3) is 0 Å². The Hall–Kier alpha value is -1.31. The molecule has 1 aliphatic heterocycles. The monoisotopic (exact) mass is 171 g/mol. The molecule has 0 N–H and O–H groups in total. The molecule has 2 heterocycles. The van der Waals surface area contributed by atoms with Crippen molar-refractivity contribution in [2.24, 2.45) is 0 Å². The molecule has 2 aliphatic rings. The van der Waals surface area contributed by atoms with Crippen molar-refractivity contribution in [3.05, 3.63) is 29.6 Å². The molecule has 2 heteroatoms. The minimum absolute atomic E-state index is 0.939. The standard InChI is InChI=1S/C11H11N2/c1-2-6-10-8(4-1)9-5-3-7-12-11(9)13-10/h3,5,7H,1-2,4,6H2. The fraction of sp³-hybridized carbons (Fsp3) is 0.364. The van der Waals surface area contributed by atoms with Crippen molar-refractivity contribution in [3.63, 3.8) is 0 Å². The lowest BCUT2D eigenvalue weighted by Crippen LogP contribution is -1.99. The number of rotatable bonds is 0. The summed E-state index contributed by atoms with van der Waals surface area (Å²) in [6.07, 6.45) is 6.75. The zero-order valence-electron chi connectivity index (χ0n) is 7.45. The quantitative estimate of drug-likeness (QED) is 0.589. The van der Waals surface area contributed by atoms with E-state index in [0.717, 1.165) is 12.2 Å². The number of nitrogens with zero attached hydrogens (tertiary/aromatic N) is 2. The first kappa shape index (κ1) is 7.13. The summed E-state index contributed by atoms with van der Waals surface area (Å²) >= 11 is 0. The molecule has 0 fully saturated rings. The third-order valence-electron chi connectivity index (χ3n) is 2.79. The highest BCUT2D eigenvalue weighted by atomic mass is 15.0. The van der Waals surface area contributed by atoms with Gasteiger partial charge in [-0.1, -0.05) is 0 Å². The summed E-state index contributed by atoms with van der Waals surface area (Å²) in [5.74, 6) is 0.939. The van der Waals surface area contributed by atoms with E-state index in [4.69, 9.17) is 0 Å². The Kier molecular flexibility index (Phi) is 1.42. The van der Waals surface area contributed by atoms with Crippen LogP contribution in [0.1, 0.15) is 31.2 Å². The van der Waals surface area contributed by atoms with Gasteiger partial charge in [0.2, 0.25) is 0 Å². The molecule has 0 unspecified atom stereocenters. The number of pyridine rings is 1. The van der Waals surface area contributed by atoms with Crippen LogP contribution in [0.2, 0.25) is 0 Å². The van der Waals surface area contributed by atoms with Gasteiger partial charge in [-0.15, -0.1) is 0 Å². The molecule has 1 aromatic rings. The van der Waals surface area contributed by atoms with Crippen LogP contribution in [0.15, 0.2) is 24.0 Å². The highest BCUT2D eigenvalue weighted by Crippen LogP contribution is 2.40. The van der Waals surface area contributed by atoms with Crippen LogP contribution in [-0.2, 0) is 0 Å². The minimum Gasteiger partial charge on any atom is -0.237 e. The second-order valence-electron chi connectivity index (χ2n) is 3.62. The van der Waals surface area contributed by atoms with Crippen LogP contribution in [0.5, 0.6) is 0 Å². The second-order valence-corrected chi connectivity index (χ2v) is 3.62. The van der Waals surface area contributed by atoms with Crippen LogP contribution in [-0.4, -0.2) is 4.98 Å². The summed E-state index contributed by atoms with van der Waals surface area (Å²) < 4.78 is 0. The summed E-state index contributed by atoms with van der Waals surface area (Å²) in [6, 6.07) is 4.14. The zero-order valence-corrected chi connectivity index (χ0v) is 7.45. The maximum atomic E-state index is 4.54. The zero-order chi connectivity index (χ0) is 8.67. The van der Waals surface area contributed by atoms with Crippen LogP contribution in [0.3, 0.4) is 0 Å². The number of hydrogen-bond donors (Lipinski definition) is 0. The van der Waals surface area contributed by atoms with Crippen molar-refractivity contribution >= 4 is 11.4 Å². The Morgan fingerprint density at radius 2 is 2.08 bits per heavy atom. The molecule has 13 heavy (non-hydrogen) atoms. The van der Waals surface area contributed by atoms with Gasteiger partial charge in [0, 0.05) is 17.5 Å². The first-order valence-corrected chi connectivity index (χ1v) is 4.84. The van der Waals surface area contributed by atoms with Gasteiger partial charge >= 0.3 is 0 Å². The fourth-order valence-corrected chi connectivity index (χ4v) is 2.15. The molecular weight excluding hydrogens is 160 g/mol. The van der Waals surface area contributed by atoms with Gasteiger partial charge in [0.15, 0.2) is 5.82 Å². The van der Waals surface area contributed by atoms with E-state index < -0.39 is 0 Å². The lowest BCUT2D eigenvalue weighted by molar-refractivity contribution is 0.696. The summed E-state index contributed by atoms with van der Waals surface area (Å²) in [4.78, 5) is 4.28. The first-order valence-electron chi connectivity index (χ1n) is 4.84. The van der Waals surface area contributed by atoms with E-state index in [1.54, 1.807) is 0 Å². The maximum Gasteiger partial charge on any atom is 0.159 e. The minimum atomic E-state index is 0.939. The summed E-state index contributed by atoms with van der Waals surface area (Å²) in [7, 11) is 0. The van der Waals surface area contributed by atoms with Crippen LogP contribution in [0, 0.1) is 0 Å². The van der Waals surface area contributed by atoms with Crippen molar-refractivity contribution in [1.82, 2.24) is 10.3 Å². The molecule has 0 aromatic carbocycles. The molecule has 1 aliphatic carbocycles. The van der Waals surface area contributed by atoms with Gasteiger partial charge in [-0.3, -0.25) is 0 Å². The first-order chi connectivity index (χ1) is 6.45. The van der Waals surface area contributed by atoms with Crippen LogP contribution in [0.25, 0.3) is 5.57 Å². The van der Waals surface area contributed by atoms with Crippen molar-refractivity contribution < 1.29 is 0 Å². The lowest BCUT2D eigenvalue weighted by Gasteiger charge is -2.11. The number of fused-ring (bicyclic) bond motifs is 2. The van der Waals surface area contributed by atoms with Crippen molar-refractivity contribution in [2.45, 2.75) is 25.7 Å². The Morgan fingerprint density at radius 1 is 1.15 bits per heavy atom. The summed E-state index contributed by atoms with van der Waals surface area (Å²) in [5, 5.41) is 4.54. The maximum absolute atomic E-state index is 4.54. The van der Waals surface area contributed by atoms with Crippen LogP contribution < -0.4 is 5.32 Å². The van der Waals surface area contributed by atoms with Crippen molar-refractivity contribution in [2.75, 3.05) is 0 Å². The molecule has 1 aromatic heterocycles. The molecule has 3 rings (SSSR count). The number of aromatic nitrogens is 1. The highest BCUT2D eigenvalue weighted by Gasteiger charge is 2.25. The molecule has 0 bridgehead atoms. The molecule has 1 radical (unpaired) electrons. The van der Waals surface area contributed by atoms with Gasteiger partial charge in [0.1, 0.15) is 0 Å². The Morgan fingerprint density at radius 3 is 3.08 bits per heavy atom. The SMILES string of the molecule is c1cnc2c(c1)C1=C(CCCC1)[N]2. The summed E-state index contributed by atoms with van der Waals surface area (Å²) in [6.45, 7) is 0. The molecular formula is C11H11N2. The third-order valence-corrected chi connectivity index (χ3v) is 2.79. The van der Waals surface area contributed by atoms with Gasteiger partial charge in [-0.25, -0.2) is 10.3 Å². The van der Waals surface area contributed by atoms with E-state index >= 15 is 0 Å². The van der Waals surface area contributed by atoms with Crippen molar-refractivity contribution in [1.29, 1.82) is 0 Å². The normalized spacial score (nSPS) is 19.4. The van der Waals surface area contributed by atoms with Crippen LogP contribution >= 0.6 is 0 Å². The predicted molar refractivity (Wildman–Crippen MR) is 51.4 cm³/mol. The molecule has 0 amide bonds. The largest absolute Gasteiger partial charge is 0.237 e. The molecule has 0 saturated carbocycles. The molecule has 0 atom stereocenters. The Balaban J connectivity index is 2.12. The van der Waals surface area contributed by atoms with Gasteiger partial charge in [-0.2, -0.15) is 0 Å². The van der Waals surface area contributed by atoms with Crippen molar-refractivity contribution in [3.8, 4) is 0 Å². The predicted octanol–water partition coefficient (Wildman–Crippen LogP) is 2.62. The van der Waals surface area contributed by atoms with Crippen LogP contribution in [0.4, 0.5) is 5.82 Å². The van der Waals surface area contributed by atoms with E-state index in [1.165, 1.54) is 36.1 Å². The Labute approximate surface area is 77.7 Å². The third kappa shape index (κ3) is 0.981.